The van der Waals surface area contributed by atoms with Crippen molar-refractivity contribution in [3.8, 4) is 5.75 Å². The van der Waals surface area contributed by atoms with Crippen LogP contribution in [0, 0.1) is 0 Å². The molecule has 0 amide bonds. The van der Waals surface area contributed by atoms with Crippen LogP contribution in [0.25, 0.3) is 0 Å². The van der Waals surface area contributed by atoms with Gasteiger partial charge >= 0.3 is 0 Å². The molecular formula is C21H35IN4O3S. The molecule has 0 aromatic heterocycles. The third-order valence-electron chi connectivity index (χ3n) is 6.00. The fraction of sp³-hybridized carbons (Fsp3) is 0.667. The van der Waals surface area contributed by atoms with Gasteiger partial charge in [0.2, 0.25) is 10.0 Å². The van der Waals surface area contributed by atoms with Crippen LogP contribution in [0.2, 0.25) is 0 Å². The zero-order valence-corrected chi connectivity index (χ0v) is 21.3. The molecule has 0 bridgehead atoms. The Balaban J connectivity index is 0.00000320. The van der Waals surface area contributed by atoms with Gasteiger partial charge in [-0.2, -0.15) is 0 Å². The molecule has 7 nitrogen and oxygen atoms in total. The summed E-state index contributed by atoms with van der Waals surface area (Å²) in [5.74, 6) is 1.61. The maximum atomic E-state index is 12.4. The molecule has 30 heavy (non-hydrogen) atoms. The standard InChI is InChI=1S/C21H34N4O3S.HI/c1-4-25(5-2)29(26,27)15-14-23-20(22-3)24-18-16-21(12-8-9-13-21)28-19-11-7-6-10-17(18)19;/h6-7,10-11,18H,4-5,8-9,12-16H2,1-3H3,(H2,22,23,24);1H. The second-order valence-electron chi connectivity index (χ2n) is 7.83. The maximum absolute atomic E-state index is 12.4. The van der Waals surface area contributed by atoms with Crippen LogP contribution < -0.4 is 15.4 Å². The van der Waals surface area contributed by atoms with Crippen LogP contribution in [0.5, 0.6) is 5.75 Å². The zero-order valence-electron chi connectivity index (χ0n) is 18.2. The van der Waals surface area contributed by atoms with Crippen LogP contribution in [0.15, 0.2) is 29.3 Å². The quantitative estimate of drug-likeness (QED) is 0.310. The van der Waals surface area contributed by atoms with E-state index in [4.69, 9.17) is 4.74 Å². The molecule has 1 aliphatic heterocycles. The van der Waals surface area contributed by atoms with Crippen LogP contribution in [-0.4, -0.2) is 56.7 Å². The fourth-order valence-corrected chi connectivity index (χ4v) is 5.88. The first-order valence-corrected chi connectivity index (χ1v) is 12.3. The smallest absolute Gasteiger partial charge is 0.215 e. The van der Waals surface area contributed by atoms with Crippen molar-refractivity contribution in [3.05, 3.63) is 29.8 Å². The largest absolute Gasteiger partial charge is 0.487 e. The Bertz CT molecular complexity index is 821. The van der Waals surface area contributed by atoms with Crippen LogP contribution >= 0.6 is 24.0 Å². The highest BCUT2D eigenvalue weighted by Crippen LogP contribution is 2.46. The summed E-state index contributed by atoms with van der Waals surface area (Å²) in [4.78, 5) is 4.32. The highest BCUT2D eigenvalue weighted by Gasteiger charge is 2.43. The van der Waals surface area contributed by atoms with Gasteiger partial charge in [-0.25, -0.2) is 12.7 Å². The Labute approximate surface area is 198 Å². The zero-order chi connectivity index (χ0) is 20.9. The number of hydrogen-bond donors (Lipinski definition) is 2. The van der Waals surface area contributed by atoms with E-state index in [1.54, 1.807) is 7.05 Å². The van der Waals surface area contributed by atoms with Gasteiger partial charge in [-0.15, -0.1) is 24.0 Å². The number of nitrogens with one attached hydrogen (secondary N) is 2. The second kappa shape index (κ2) is 11.0. The molecule has 3 rings (SSSR count). The number of hydrogen-bond acceptors (Lipinski definition) is 4. The van der Waals surface area contributed by atoms with E-state index in [1.165, 1.54) is 17.1 Å². The third-order valence-corrected chi connectivity index (χ3v) is 8.02. The minimum Gasteiger partial charge on any atom is -0.487 e. The monoisotopic (exact) mass is 550 g/mol. The summed E-state index contributed by atoms with van der Waals surface area (Å²) in [7, 11) is -1.55. The van der Waals surface area contributed by atoms with Crippen molar-refractivity contribution in [1.29, 1.82) is 0 Å². The summed E-state index contributed by atoms with van der Waals surface area (Å²) >= 11 is 0. The van der Waals surface area contributed by atoms with Crippen molar-refractivity contribution in [1.82, 2.24) is 14.9 Å². The number of rotatable bonds is 7. The summed E-state index contributed by atoms with van der Waals surface area (Å²) in [6.45, 7) is 5.01. The van der Waals surface area contributed by atoms with E-state index in [-0.39, 0.29) is 41.4 Å². The van der Waals surface area contributed by atoms with Crippen LogP contribution in [0.3, 0.4) is 0 Å². The Hall–Kier alpha value is -1.07. The molecule has 1 aliphatic carbocycles. The molecule has 1 saturated carbocycles. The Morgan fingerprint density at radius 2 is 1.90 bits per heavy atom. The molecule has 1 spiro atoms. The van der Waals surface area contributed by atoms with Gasteiger partial charge in [0.05, 0.1) is 11.8 Å². The van der Waals surface area contributed by atoms with E-state index in [1.807, 2.05) is 32.0 Å². The summed E-state index contributed by atoms with van der Waals surface area (Å²) in [5.41, 5.74) is 1.03. The minimum absolute atomic E-state index is 0. The molecule has 1 fully saturated rings. The van der Waals surface area contributed by atoms with Crippen molar-refractivity contribution in [2.24, 2.45) is 4.99 Å². The van der Waals surface area contributed by atoms with Crippen molar-refractivity contribution >= 4 is 40.0 Å². The lowest BCUT2D eigenvalue weighted by Gasteiger charge is -2.40. The van der Waals surface area contributed by atoms with Crippen molar-refractivity contribution in [3.63, 3.8) is 0 Å². The first-order valence-electron chi connectivity index (χ1n) is 10.7. The predicted octanol–water partition coefficient (Wildman–Crippen LogP) is 3.28. The SMILES string of the molecule is CCN(CC)S(=O)(=O)CCNC(=NC)NC1CC2(CCCC2)Oc2ccccc21.I. The molecule has 1 aromatic carbocycles. The highest BCUT2D eigenvalue weighted by molar-refractivity contribution is 14.0. The molecule has 0 radical (unpaired) electrons. The number of para-hydroxylation sites is 1. The summed E-state index contributed by atoms with van der Waals surface area (Å²) in [6, 6.07) is 8.25. The number of sulfonamides is 1. The third kappa shape index (κ3) is 5.79. The maximum Gasteiger partial charge on any atom is 0.215 e. The second-order valence-corrected chi connectivity index (χ2v) is 9.92. The van der Waals surface area contributed by atoms with E-state index in [0.717, 1.165) is 30.6 Å². The van der Waals surface area contributed by atoms with Gasteiger partial charge in [0.15, 0.2) is 5.96 Å². The number of guanidine groups is 1. The van der Waals surface area contributed by atoms with E-state index < -0.39 is 10.0 Å². The van der Waals surface area contributed by atoms with Gasteiger partial charge in [-0.05, 0) is 31.7 Å². The van der Waals surface area contributed by atoms with E-state index in [0.29, 0.717) is 25.6 Å². The van der Waals surface area contributed by atoms with Gasteiger partial charge < -0.3 is 15.4 Å². The molecule has 0 saturated heterocycles. The number of halogens is 1. The fourth-order valence-electron chi connectivity index (χ4n) is 4.48. The van der Waals surface area contributed by atoms with Crippen LogP contribution in [0.4, 0.5) is 0 Å². The van der Waals surface area contributed by atoms with Crippen molar-refractivity contribution in [2.75, 3.05) is 32.4 Å². The average molecular weight is 551 g/mol. The van der Waals surface area contributed by atoms with Gasteiger partial charge in [-0.1, -0.05) is 32.0 Å². The number of benzene rings is 1. The van der Waals surface area contributed by atoms with E-state index in [9.17, 15) is 8.42 Å². The van der Waals surface area contributed by atoms with E-state index in [2.05, 4.69) is 21.7 Å². The molecular weight excluding hydrogens is 515 g/mol. The number of fused-ring (bicyclic) bond motifs is 1. The van der Waals surface area contributed by atoms with Crippen molar-refractivity contribution in [2.45, 2.75) is 57.6 Å². The number of aliphatic imine (C=N–C) groups is 1. The lowest BCUT2D eigenvalue weighted by molar-refractivity contribution is 0.0396. The molecule has 9 heteroatoms. The lowest BCUT2D eigenvalue weighted by Crippen LogP contribution is -2.47. The minimum atomic E-state index is -3.26. The van der Waals surface area contributed by atoms with Crippen molar-refractivity contribution < 1.29 is 13.2 Å². The number of nitrogens with zero attached hydrogens (tertiary/aromatic N) is 2. The molecule has 1 aromatic rings. The van der Waals surface area contributed by atoms with Crippen LogP contribution in [-0.2, 0) is 10.0 Å². The lowest BCUT2D eigenvalue weighted by atomic mass is 9.86. The Kier molecular flexibility index (Phi) is 9.23. The Morgan fingerprint density at radius 1 is 1.23 bits per heavy atom. The summed E-state index contributed by atoms with van der Waals surface area (Å²) in [5, 5.41) is 6.68. The van der Waals surface area contributed by atoms with Gasteiger partial charge in [0.25, 0.3) is 0 Å². The molecule has 1 unspecified atom stereocenters. The molecule has 1 atom stereocenters. The van der Waals surface area contributed by atoms with Gasteiger partial charge in [0, 0.05) is 38.7 Å². The molecule has 170 valence electrons. The number of ether oxygens (including phenoxy) is 1. The molecule has 2 N–H and O–H groups in total. The first-order chi connectivity index (χ1) is 13.9. The normalized spacial score (nSPS) is 20.4. The van der Waals surface area contributed by atoms with Gasteiger partial charge in [-0.3, -0.25) is 4.99 Å². The summed E-state index contributed by atoms with van der Waals surface area (Å²) in [6.07, 6.45) is 5.44. The van der Waals surface area contributed by atoms with E-state index >= 15 is 0 Å². The average Bonchev–Trinajstić information content (AvgIpc) is 3.15. The highest BCUT2D eigenvalue weighted by atomic mass is 127. The van der Waals surface area contributed by atoms with Gasteiger partial charge in [0.1, 0.15) is 11.4 Å². The molecule has 2 aliphatic rings. The van der Waals surface area contributed by atoms with Crippen LogP contribution in [0.1, 0.15) is 57.6 Å². The predicted molar refractivity (Wildman–Crippen MR) is 132 cm³/mol. The topological polar surface area (TPSA) is 83.0 Å². The molecule has 1 heterocycles. The first kappa shape index (κ1) is 25.2. The summed E-state index contributed by atoms with van der Waals surface area (Å²) < 4.78 is 32.7. The Morgan fingerprint density at radius 3 is 2.53 bits per heavy atom.